The van der Waals surface area contributed by atoms with Gasteiger partial charge in [0.15, 0.2) is 0 Å². The highest BCUT2D eigenvalue weighted by molar-refractivity contribution is 5.81. The minimum Gasteiger partial charge on any atom is -0.481 e. The molecule has 2 aliphatic rings. The van der Waals surface area contributed by atoms with Gasteiger partial charge in [-0.3, -0.25) is 9.59 Å². The molecule has 2 atom stereocenters. The Morgan fingerprint density at radius 2 is 1.76 bits per heavy atom. The van der Waals surface area contributed by atoms with Crippen molar-refractivity contribution in [3.63, 3.8) is 0 Å². The molecule has 1 amide bonds. The lowest BCUT2D eigenvalue weighted by molar-refractivity contribution is -0.143. The summed E-state index contributed by atoms with van der Waals surface area (Å²) in [4.78, 5) is 24.5. The molecule has 2 unspecified atom stereocenters. The van der Waals surface area contributed by atoms with E-state index >= 15 is 0 Å². The van der Waals surface area contributed by atoms with Gasteiger partial charge in [-0.15, -0.1) is 0 Å². The molecule has 4 heteroatoms. The summed E-state index contributed by atoms with van der Waals surface area (Å²) in [5, 5.41) is 8.62. The fraction of sp³-hybridized carbons (Fsp3) is 0.846. The second-order valence-electron chi connectivity index (χ2n) is 5.23. The normalized spacial score (nSPS) is 28.6. The molecule has 2 rings (SSSR count). The topological polar surface area (TPSA) is 57.6 Å². The molecule has 1 N–H and O–H groups in total. The number of aliphatic carboxylic acids is 1. The van der Waals surface area contributed by atoms with E-state index in [4.69, 9.17) is 5.11 Å². The fourth-order valence-corrected chi connectivity index (χ4v) is 3.29. The van der Waals surface area contributed by atoms with Crippen LogP contribution in [0, 0.1) is 5.92 Å². The highest BCUT2D eigenvalue weighted by Gasteiger charge is 2.35. The highest BCUT2D eigenvalue weighted by Crippen LogP contribution is 2.35. The highest BCUT2D eigenvalue weighted by atomic mass is 16.4. The van der Waals surface area contributed by atoms with Crippen LogP contribution in [0.3, 0.4) is 0 Å². The Hall–Kier alpha value is -1.06. The predicted molar refractivity (Wildman–Crippen MR) is 63.6 cm³/mol. The maximum absolute atomic E-state index is 12.0. The average Bonchev–Trinajstić information content (AvgIpc) is 2.35. The molecule has 1 saturated heterocycles. The molecular formula is C13H21NO3. The number of nitrogens with zero attached hydrogens (tertiary/aromatic N) is 1. The van der Waals surface area contributed by atoms with Crippen molar-refractivity contribution in [2.75, 3.05) is 6.54 Å². The van der Waals surface area contributed by atoms with Gasteiger partial charge in [0, 0.05) is 19.0 Å². The van der Waals surface area contributed by atoms with Gasteiger partial charge in [0.1, 0.15) is 0 Å². The van der Waals surface area contributed by atoms with Gasteiger partial charge >= 0.3 is 5.97 Å². The second kappa shape index (κ2) is 5.52. The standard InChI is InChI=1S/C13H21NO3/c15-12(7-8-13(16)17)14-9-3-5-10-4-1-2-6-11(10)14/h10-11H,1-9H2,(H,16,17). The summed E-state index contributed by atoms with van der Waals surface area (Å²) in [6, 6.07) is 0.402. The van der Waals surface area contributed by atoms with Gasteiger partial charge in [-0.05, 0) is 31.6 Å². The first-order valence-electron chi connectivity index (χ1n) is 6.70. The zero-order chi connectivity index (χ0) is 12.3. The fourth-order valence-electron chi connectivity index (χ4n) is 3.29. The number of carbonyl (C=O) groups excluding carboxylic acids is 1. The number of hydrogen-bond acceptors (Lipinski definition) is 2. The van der Waals surface area contributed by atoms with Gasteiger partial charge < -0.3 is 10.0 Å². The van der Waals surface area contributed by atoms with Crippen molar-refractivity contribution in [2.24, 2.45) is 5.92 Å². The first kappa shape index (κ1) is 12.4. The summed E-state index contributed by atoms with van der Waals surface area (Å²) in [7, 11) is 0. The van der Waals surface area contributed by atoms with E-state index in [2.05, 4.69) is 0 Å². The number of carboxylic acid groups (broad SMARTS) is 1. The number of amides is 1. The number of carboxylic acids is 1. The number of piperidine rings is 1. The number of hydrogen-bond donors (Lipinski definition) is 1. The van der Waals surface area contributed by atoms with Crippen LogP contribution in [0.25, 0.3) is 0 Å². The maximum atomic E-state index is 12.0. The monoisotopic (exact) mass is 239 g/mol. The Morgan fingerprint density at radius 1 is 1.06 bits per heavy atom. The van der Waals surface area contributed by atoms with E-state index in [9.17, 15) is 9.59 Å². The molecule has 96 valence electrons. The zero-order valence-electron chi connectivity index (χ0n) is 10.2. The molecule has 0 aromatic carbocycles. The molecule has 0 radical (unpaired) electrons. The summed E-state index contributed by atoms with van der Waals surface area (Å²) in [6.45, 7) is 0.833. The summed E-state index contributed by atoms with van der Waals surface area (Å²) >= 11 is 0. The predicted octanol–water partition coefficient (Wildman–Crippen LogP) is 2.03. The number of likely N-dealkylation sites (tertiary alicyclic amines) is 1. The lowest BCUT2D eigenvalue weighted by Gasteiger charge is -2.44. The van der Waals surface area contributed by atoms with Gasteiger partial charge in [0.05, 0.1) is 6.42 Å². The van der Waals surface area contributed by atoms with Crippen LogP contribution in [-0.4, -0.2) is 34.5 Å². The molecule has 0 spiro atoms. The first-order valence-corrected chi connectivity index (χ1v) is 6.70. The van der Waals surface area contributed by atoms with Crippen molar-refractivity contribution in [3.05, 3.63) is 0 Å². The van der Waals surface area contributed by atoms with E-state index in [1.807, 2.05) is 4.90 Å². The molecule has 17 heavy (non-hydrogen) atoms. The SMILES string of the molecule is O=C(O)CCC(=O)N1CCCC2CCCCC21. The Labute approximate surface area is 102 Å². The lowest BCUT2D eigenvalue weighted by Crippen LogP contribution is -2.49. The lowest BCUT2D eigenvalue weighted by atomic mass is 9.78. The molecule has 4 nitrogen and oxygen atoms in total. The molecule has 2 fully saturated rings. The van der Waals surface area contributed by atoms with Crippen molar-refractivity contribution in [2.45, 2.75) is 57.4 Å². The molecule has 0 aromatic heterocycles. The summed E-state index contributed by atoms with van der Waals surface area (Å²) < 4.78 is 0. The third kappa shape index (κ3) is 2.99. The van der Waals surface area contributed by atoms with Crippen LogP contribution in [0.4, 0.5) is 0 Å². The van der Waals surface area contributed by atoms with E-state index in [1.165, 1.54) is 25.7 Å². The smallest absolute Gasteiger partial charge is 0.303 e. The molecule has 0 aromatic rings. The second-order valence-corrected chi connectivity index (χ2v) is 5.23. The molecule has 1 aliphatic carbocycles. The molecular weight excluding hydrogens is 218 g/mol. The summed E-state index contributed by atoms with van der Waals surface area (Å²) in [5.74, 6) is -0.161. The molecule has 1 saturated carbocycles. The van der Waals surface area contributed by atoms with Crippen LogP contribution >= 0.6 is 0 Å². The Morgan fingerprint density at radius 3 is 2.53 bits per heavy atom. The van der Waals surface area contributed by atoms with Gasteiger partial charge in [0.2, 0.25) is 5.91 Å². The Bertz CT molecular complexity index is 301. The van der Waals surface area contributed by atoms with E-state index in [1.54, 1.807) is 0 Å². The largest absolute Gasteiger partial charge is 0.481 e. The minimum absolute atomic E-state index is 0.0350. The van der Waals surface area contributed by atoms with Crippen molar-refractivity contribution in [3.8, 4) is 0 Å². The minimum atomic E-state index is -0.879. The van der Waals surface area contributed by atoms with Crippen LogP contribution in [0.5, 0.6) is 0 Å². The maximum Gasteiger partial charge on any atom is 0.303 e. The molecule has 0 bridgehead atoms. The van der Waals surface area contributed by atoms with Crippen molar-refractivity contribution >= 4 is 11.9 Å². The van der Waals surface area contributed by atoms with Crippen LogP contribution in [0.2, 0.25) is 0 Å². The van der Waals surface area contributed by atoms with Crippen molar-refractivity contribution < 1.29 is 14.7 Å². The van der Waals surface area contributed by atoms with Gasteiger partial charge in [-0.1, -0.05) is 12.8 Å². The van der Waals surface area contributed by atoms with Gasteiger partial charge in [0.25, 0.3) is 0 Å². The third-order valence-electron chi connectivity index (χ3n) is 4.12. The van der Waals surface area contributed by atoms with E-state index < -0.39 is 5.97 Å². The Kier molecular flexibility index (Phi) is 4.02. The summed E-state index contributed by atoms with van der Waals surface area (Å²) in [5.41, 5.74) is 0. The van der Waals surface area contributed by atoms with Gasteiger partial charge in [-0.25, -0.2) is 0 Å². The van der Waals surface area contributed by atoms with E-state index in [0.717, 1.165) is 19.4 Å². The number of carbonyl (C=O) groups is 2. The Balaban J connectivity index is 1.93. The molecule has 1 aliphatic heterocycles. The first-order chi connectivity index (χ1) is 8.18. The number of rotatable bonds is 3. The zero-order valence-corrected chi connectivity index (χ0v) is 10.2. The van der Waals surface area contributed by atoms with E-state index in [0.29, 0.717) is 12.0 Å². The van der Waals surface area contributed by atoms with Crippen LogP contribution < -0.4 is 0 Å². The van der Waals surface area contributed by atoms with Crippen LogP contribution in [-0.2, 0) is 9.59 Å². The van der Waals surface area contributed by atoms with Crippen LogP contribution in [0.15, 0.2) is 0 Å². The average molecular weight is 239 g/mol. The third-order valence-corrected chi connectivity index (χ3v) is 4.12. The van der Waals surface area contributed by atoms with Crippen LogP contribution in [0.1, 0.15) is 51.4 Å². The molecule has 1 heterocycles. The van der Waals surface area contributed by atoms with E-state index in [-0.39, 0.29) is 18.7 Å². The number of fused-ring (bicyclic) bond motifs is 1. The summed E-state index contributed by atoms with van der Waals surface area (Å²) in [6.07, 6.45) is 7.32. The quantitative estimate of drug-likeness (QED) is 0.819. The van der Waals surface area contributed by atoms with Gasteiger partial charge in [-0.2, -0.15) is 0 Å². The van der Waals surface area contributed by atoms with Crippen molar-refractivity contribution in [1.29, 1.82) is 0 Å². The van der Waals surface area contributed by atoms with Crippen molar-refractivity contribution in [1.82, 2.24) is 4.90 Å².